The van der Waals surface area contributed by atoms with Crippen LogP contribution in [0.2, 0.25) is 0 Å². The van der Waals surface area contributed by atoms with Crippen LogP contribution >= 0.6 is 7.92 Å². The number of rotatable bonds is 4. The van der Waals surface area contributed by atoms with E-state index in [9.17, 15) is 0 Å². The van der Waals surface area contributed by atoms with Gasteiger partial charge in [0.1, 0.15) is 0 Å². The Morgan fingerprint density at radius 2 is 1.58 bits per heavy atom. The molecule has 3 aromatic rings. The van der Waals surface area contributed by atoms with Crippen LogP contribution in [0.4, 0.5) is 0 Å². The van der Waals surface area contributed by atoms with Gasteiger partial charge in [-0.1, -0.05) is 85.0 Å². The van der Waals surface area contributed by atoms with Crippen LogP contribution < -0.4 is 10.6 Å². The van der Waals surface area contributed by atoms with Gasteiger partial charge in [0.25, 0.3) is 0 Å². The molecule has 0 fully saturated rings. The van der Waals surface area contributed by atoms with Gasteiger partial charge >= 0.3 is 0 Å². The van der Waals surface area contributed by atoms with E-state index in [1.807, 2.05) is 7.05 Å². The fourth-order valence-electron chi connectivity index (χ4n) is 3.07. The van der Waals surface area contributed by atoms with Crippen LogP contribution in [0.15, 0.2) is 90.5 Å². The summed E-state index contributed by atoms with van der Waals surface area (Å²) < 4.78 is 1.70. The Bertz CT molecular complexity index is 918. The van der Waals surface area contributed by atoms with Crippen molar-refractivity contribution >= 4 is 24.6 Å². The predicted molar refractivity (Wildman–Crippen MR) is 108 cm³/mol. The molecule has 1 aliphatic rings. The summed E-state index contributed by atoms with van der Waals surface area (Å²) in [5.41, 5.74) is 1.50. The van der Waals surface area contributed by atoms with Crippen LogP contribution in [0, 0.1) is 0 Å². The Labute approximate surface area is 154 Å². The van der Waals surface area contributed by atoms with Crippen LogP contribution in [-0.2, 0) is 7.05 Å². The second kappa shape index (κ2) is 7.59. The quantitative estimate of drug-likeness (QED) is 0.673. The Balaban J connectivity index is 1.81. The van der Waals surface area contributed by atoms with Crippen molar-refractivity contribution in [3.63, 3.8) is 0 Å². The predicted octanol–water partition coefficient (Wildman–Crippen LogP) is 3.22. The van der Waals surface area contributed by atoms with Gasteiger partial charge in [0, 0.05) is 12.7 Å². The number of aromatic nitrogens is 4. The topological polar surface area (TPSA) is 43.6 Å². The maximum absolute atomic E-state index is 4.12. The van der Waals surface area contributed by atoms with Crippen molar-refractivity contribution in [1.82, 2.24) is 20.2 Å². The molecule has 128 valence electrons. The van der Waals surface area contributed by atoms with E-state index in [2.05, 4.69) is 107 Å². The number of nitrogens with zero attached hydrogens (tertiary/aromatic N) is 4. The van der Waals surface area contributed by atoms with Crippen LogP contribution in [0.25, 0.3) is 6.08 Å². The van der Waals surface area contributed by atoms with E-state index in [0.29, 0.717) is 0 Å². The highest BCUT2D eigenvalue weighted by Gasteiger charge is 2.26. The average molecular weight is 358 g/mol. The number of aryl methyl sites for hydroxylation is 1. The molecule has 1 atom stereocenters. The average Bonchev–Trinajstić information content (AvgIpc) is 3.10. The van der Waals surface area contributed by atoms with E-state index < -0.39 is 7.92 Å². The molecule has 4 rings (SSSR count). The van der Waals surface area contributed by atoms with Crippen molar-refractivity contribution in [3.8, 4) is 0 Å². The number of hydrogen-bond acceptors (Lipinski definition) is 3. The SMILES string of the molecule is Cn1nnnc1C=C1C=CC=CC1P(c1ccccc1)c1ccccc1. The summed E-state index contributed by atoms with van der Waals surface area (Å²) in [7, 11) is 1.28. The summed E-state index contributed by atoms with van der Waals surface area (Å²) in [4.78, 5) is 0. The van der Waals surface area contributed by atoms with E-state index in [4.69, 9.17) is 0 Å². The molecule has 26 heavy (non-hydrogen) atoms. The van der Waals surface area contributed by atoms with Gasteiger partial charge in [-0.25, -0.2) is 4.68 Å². The van der Waals surface area contributed by atoms with Crippen LogP contribution in [0.1, 0.15) is 5.82 Å². The van der Waals surface area contributed by atoms with E-state index in [1.165, 1.54) is 16.2 Å². The fourth-order valence-corrected chi connectivity index (χ4v) is 5.73. The van der Waals surface area contributed by atoms with Gasteiger partial charge in [-0.05, 0) is 40.6 Å². The number of tetrazole rings is 1. The molecule has 0 radical (unpaired) electrons. The lowest BCUT2D eigenvalue weighted by molar-refractivity contribution is 0.706. The maximum Gasteiger partial charge on any atom is 0.174 e. The normalized spacial score (nSPS) is 17.9. The second-order valence-electron chi connectivity index (χ2n) is 6.03. The largest absolute Gasteiger partial charge is 0.229 e. The van der Waals surface area contributed by atoms with Gasteiger partial charge in [-0.15, -0.1) is 5.10 Å². The summed E-state index contributed by atoms with van der Waals surface area (Å²) >= 11 is 0. The van der Waals surface area contributed by atoms with Gasteiger partial charge in [-0.2, -0.15) is 0 Å². The minimum atomic E-state index is -0.584. The minimum Gasteiger partial charge on any atom is -0.229 e. The van der Waals surface area contributed by atoms with Crippen molar-refractivity contribution in [2.75, 3.05) is 0 Å². The van der Waals surface area contributed by atoms with E-state index >= 15 is 0 Å². The zero-order chi connectivity index (χ0) is 17.8. The standard InChI is InChI=1S/C21H19N4P/c1-25-21(22-23-24-25)16-17-10-8-9-15-20(17)26(18-11-4-2-5-12-18)19-13-6-3-7-14-19/h2-16,20H,1H3. The molecule has 1 aromatic heterocycles. The molecule has 0 saturated carbocycles. The lowest BCUT2D eigenvalue weighted by Crippen LogP contribution is -2.22. The Hall–Kier alpha value is -2.84. The summed E-state index contributed by atoms with van der Waals surface area (Å²) in [6.45, 7) is 0. The first kappa shape index (κ1) is 16.6. The molecule has 0 N–H and O–H groups in total. The van der Waals surface area contributed by atoms with Crippen molar-refractivity contribution in [2.24, 2.45) is 7.05 Å². The third-order valence-electron chi connectivity index (χ3n) is 4.33. The lowest BCUT2D eigenvalue weighted by Gasteiger charge is -2.28. The highest BCUT2D eigenvalue weighted by molar-refractivity contribution is 7.74. The molecule has 0 amide bonds. The molecule has 1 aliphatic carbocycles. The first-order chi connectivity index (χ1) is 12.8. The molecule has 1 heterocycles. The third kappa shape index (κ3) is 3.42. The van der Waals surface area contributed by atoms with Gasteiger partial charge < -0.3 is 0 Å². The second-order valence-corrected chi connectivity index (χ2v) is 8.36. The summed E-state index contributed by atoms with van der Waals surface area (Å²) in [6, 6.07) is 21.5. The summed E-state index contributed by atoms with van der Waals surface area (Å²) in [5, 5.41) is 14.5. The maximum atomic E-state index is 4.12. The molecular weight excluding hydrogens is 339 g/mol. The van der Waals surface area contributed by atoms with Crippen LogP contribution in [0.3, 0.4) is 0 Å². The van der Waals surface area contributed by atoms with E-state index in [1.54, 1.807) is 4.68 Å². The van der Waals surface area contributed by atoms with Gasteiger partial charge in [0.2, 0.25) is 0 Å². The van der Waals surface area contributed by atoms with E-state index in [-0.39, 0.29) is 5.66 Å². The van der Waals surface area contributed by atoms with Gasteiger partial charge in [-0.3, -0.25) is 0 Å². The van der Waals surface area contributed by atoms with Crippen molar-refractivity contribution < 1.29 is 0 Å². The first-order valence-electron chi connectivity index (χ1n) is 8.51. The van der Waals surface area contributed by atoms with Crippen LogP contribution in [-0.4, -0.2) is 25.9 Å². The van der Waals surface area contributed by atoms with Crippen LogP contribution in [0.5, 0.6) is 0 Å². The highest BCUT2D eigenvalue weighted by Crippen LogP contribution is 2.45. The molecule has 0 spiro atoms. The zero-order valence-electron chi connectivity index (χ0n) is 14.5. The smallest absolute Gasteiger partial charge is 0.174 e. The van der Waals surface area contributed by atoms with Gasteiger partial charge in [0.15, 0.2) is 5.82 Å². The Morgan fingerprint density at radius 3 is 2.15 bits per heavy atom. The van der Waals surface area contributed by atoms with E-state index in [0.717, 1.165) is 5.82 Å². The fraction of sp³-hybridized carbons (Fsp3) is 0.0952. The third-order valence-corrected chi connectivity index (χ3v) is 7.07. The Kier molecular flexibility index (Phi) is 4.85. The van der Waals surface area contributed by atoms with Crippen molar-refractivity contribution in [1.29, 1.82) is 0 Å². The molecule has 0 bridgehead atoms. The van der Waals surface area contributed by atoms with Crippen molar-refractivity contribution in [3.05, 3.63) is 96.4 Å². The Morgan fingerprint density at radius 1 is 0.923 bits per heavy atom. The molecule has 4 nitrogen and oxygen atoms in total. The summed E-state index contributed by atoms with van der Waals surface area (Å²) in [5.74, 6) is 0.765. The molecule has 2 aromatic carbocycles. The highest BCUT2D eigenvalue weighted by atomic mass is 31.1. The molecule has 1 unspecified atom stereocenters. The zero-order valence-corrected chi connectivity index (χ0v) is 15.4. The number of hydrogen-bond donors (Lipinski definition) is 0. The molecule has 0 aliphatic heterocycles. The number of benzene rings is 2. The molecule has 5 heteroatoms. The van der Waals surface area contributed by atoms with Gasteiger partial charge in [0.05, 0.1) is 0 Å². The number of allylic oxidation sites excluding steroid dienone is 5. The minimum absolute atomic E-state index is 0.275. The summed E-state index contributed by atoms with van der Waals surface area (Å²) in [6.07, 6.45) is 10.8. The monoisotopic (exact) mass is 358 g/mol. The van der Waals surface area contributed by atoms with Crippen molar-refractivity contribution in [2.45, 2.75) is 5.66 Å². The lowest BCUT2D eigenvalue weighted by atomic mass is 10.1. The first-order valence-corrected chi connectivity index (χ1v) is 9.92. The molecule has 0 saturated heterocycles. The molecular formula is C21H19N4P.